The second-order valence-electron chi connectivity index (χ2n) is 5.44. The van der Waals surface area contributed by atoms with E-state index in [1.807, 2.05) is 6.92 Å². The van der Waals surface area contributed by atoms with E-state index in [2.05, 4.69) is 4.72 Å². The van der Waals surface area contributed by atoms with Crippen molar-refractivity contribution >= 4 is 28.3 Å². The van der Waals surface area contributed by atoms with Crippen LogP contribution in [0.1, 0.15) is 19.8 Å². The molecule has 1 heterocycles. The molecule has 7 nitrogen and oxygen atoms in total. The quantitative estimate of drug-likeness (QED) is 0.729. The third kappa shape index (κ3) is 5.62. The van der Waals surface area contributed by atoms with Gasteiger partial charge in [0.25, 0.3) is 0 Å². The Balaban J connectivity index is 0.00000288. The Labute approximate surface area is 149 Å². The van der Waals surface area contributed by atoms with Crippen LogP contribution in [0.3, 0.4) is 0 Å². The molecule has 2 rings (SSSR count). The van der Waals surface area contributed by atoms with Gasteiger partial charge < -0.3 is 15.4 Å². The minimum absolute atomic E-state index is 0. The number of hydrogen-bond acceptors (Lipinski definition) is 5. The molecule has 1 aliphatic heterocycles. The van der Waals surface area contributed by atoms with Gasteiger partial charge in [-0.3, -0.25) is 4.79 Å². The predicted octanol–water partition coefficient (Wildman–Crippen LogP) is 0.735. The molecule has 1 atom stereocenters. The smallest absolute Gasteiger partial charge is 0.240 e. The average Bonchev–Trinajstić information content (AvgIpc) is 2.94. The molecule has 1 amide bonds. The van der Waals surface area contributed by atoms with Gasteiger partial charge in [0.05, 0.1) is 11.5 Å². The van der Waals surface area contributed by atoms with Crippen LogP contribution in [-0.4, -0.2) is 51.5 Å². The summed E-state index contributed by atoms with van der Waals surface area (Å²) in [7, 11) is -3.62. The fraction of sp³-hybridized carbons (Fsp3) is 0.533. The summed E-state index contributed by atoms with van der Waals surface area (Å²) in [4.78, 5) is 13.8. The van der Waals surface area contributed by atoms with Crippen LogP contribution in [-0.2, 0) is 14.8 Å². The van der Waals surface area contributed by atoms with Crippen LogP contribution in [0, 0.1) is 0 Å². The molecular formula is C15H24ClN3O4S. The fourth-order valence-electron chi connectivity index (χ4n) is 2.43. The number of nitrogens with two attached hydrogens (primary N) is 1. The first kappa shape index (κ1) is 20.7. The number of nitrogens with zero attached hydrogens (tertiary/aromatic N) is 1. The lowest BCUT2D eigenvalue weighted by Gasteiger charge is -2.15. The van der Waals surface area contributed by atoms with E-state index in [0.717, 1.165) is 6.42 Å². The third-order valence-electron chi connectivity index (χ3n) is 3.65. The Bertz CT molecular complexity index is 637. The lowest BCUT2D eigenvalue weighted by molar-refractivity contribution is -0.130. The highest BCUT2D eigenvalue weighted by Crippen LogP contribution is 2.16. The molecule has 0 spiro atoms. The van der Waals surface area contributed by atoms with Crippen LogP contribution in [0.5, 0.6) is 5.75 Å². The molecule has 0 aliphatic carbocycles. The molecule has 24 heavy (non-hydrogen) atoms. The molecule has 3 N–H and O–H groups in total. The van der Waals surface area contributed by atoms with Crippen LogP contribution in [0.25, 0.3) is 0 Å². The molecule has 1 fully saturated rings. The van der Waals surface area contributed by atoms with E-state index in [1.165, 1.54) is 12.1 Å². The topological polar surface area (TPSA) is 102 Å². The van der Waals surface area contributed by atoms with Crippen LogP contribution in [0.15, 0.2) is 29.2 Å². The Morgan fingerprint density at radius 3 is 2.58 bits per heavy atom. The molecule has 0 aromatic heterocycles. The van der Waals surface area contributed by atoms with Crippen molar-refractivity contribution in [3.8, 4) is 5.75 Å². The number of carbonyl (C=O) groups is 1. The number of likely N-dealkylation sites (tertiary alicyclic amines) is 1. The highest BCUT2D eigenvalue weighted by atomic mass is 35.5. The number of ether oxygens (including phenoxy) is 1. The summed E-state index contributed by atoms with van der Waals surface area (Å²) in [6.07, 6.45) is 0.923. The number of hydrogen-bond donors (Lipinski definition) is 2. The molecule has 1 saturated heterocycles. The summed E-state index contributed by atoms with van der Waals surface area (Å²) in [6, 6.07) is 6.20. The second kappa shape index (κ2) is 9.22. The number of sulfonamides is 1. The van der Waals surface area contributed by atoms with Crippen molar-refractivity contribution in [2.45, 2.75) is 30.7 Å². The highest BCUT2D eigenvalue weighted by molar-refractivity contribution is 7.89. The molecule has 136 valence electrons. The van der Waals surface area contributed by atoms with Crippen molar-refractivity contribution in [3.63, 3.8) is 0 Å². The van der Waals surface area contributed by atoms with Gasteiger partial charge in [-0.2, -0.15) is 0 Å². The largest absolute Gasteiger partial charge is 0.494 e. The van der Waals surface area contributed by atoms with E-state index >= 15 is 0 Å². The van der Waals surface area contributed by atoms with Gasteiger partial charge in [-0.05, 0) is 37.6 Å². The van der Waals surface area contributed by atoms with Crippen LogP contribution in [0.4, 0.5) is 0 Å². The Morgan fingerprint density at radius 2 is 2.04 bits per heavy atom. The van der Waals surface area contributed by atoms with E-state index < -0.39 is 10.0 Å². The first-order chi connectivity index (χ1) is 10.9. The third-order valence-corrected chi connectivity index (χ3v) is 5.13. The fourth-order valence-corrected chi connectivity index (χ4v) is 3.46. The highest BCUT2D eigenvalue weighted by Gasteiger charge is 2.23. The van der Waals surface area contributed by atoms with Gasteiger partial charge in [0.1, 0.15) is 5.75 Å². The standard InChI is InChI=1S/C15H23N3O4S.ClH/c1-2-22-13-3-5-14(6-4-13)23(20,21)17-9-7-15(19)18-10-8-12(16)11-18;/h3-6,12,17H,2,7-11,16H2,1H3;1H/t12-;/m1./s1. The molecule has 1 aromatic rings. The Morgan fingerprint density at radius 1 is 1.38 bits per heavy atom. The number of carbonyl (C=O) groups excluding carboxylic acids is 1. The van der Waals surface area contributed by atoms with Crippen molar-refractivity contribution in [1.29, 1.82) is 0 Å². The number of rotatable bonds is 7. The Kier molecular flexibility index (Phi) is 7.95. The van der Waals surface area contributed by atoms with Crippen LogP contribution >= 0.6 is 12.4 Å². The summed E-state index contributed by atoms with van der Waals surface area (Å²) < 4.78 is 32.0. The molecule has 9 heteroatoms. The van der Waals surface area contributed by atoms with Crippen molar-refractivity contribution in [3.05, 3.63) is 24.3 Å². The van der Waals surface area contributed by atoms with Gasteiger partial charge in [-0.25, -0.2) is 13.1 Å². The summed E-state index contributed by atoms with van der Waals surface area (Å²) in [6.45, 7) is 3.64. The second-order valence-corrected chi connectivity index (χ2v) is 7.21. The zero-order valence-corrected chi connectivity index (χ0v) is 15.2. The normalized spacial score (nSPS) is 17.4. The van der Waals surface area contributed by atoms with E-state index in [9.17, 15) is 13.2 Å². The number of benzene rings is 1. The number of nitrogens with one attached hydrogen (secondary N) is 1. The lowest BCUT2D eigenvalue weighted by atomic mass is 10.3. The van der Waals surface area contributed by atoms with Gasteiger partial charge in [0, 0.05) is 32.1 Å². The van der Waals surface area contributed by atoms with Crippen molar-refractivity contribution < 1.29 is 17.9 Å². The van der Waals surface area contributed by atoms with Crippen molar-refractivity contribution in [2.75, 3.05) is 26.2 Å². The summed E-state index contributed by atoms with van der Waals surface area (Å²) >= 11 is 0. The molecule has 0 bridgehead atoms. The summed E-state index contributed by atoms with van der Waals surface area (Å²) in [5.41, 5.74) is 5.75. The van der Waals surface area contributed by atoms with Crippen LogP contribution < -0.4 is 15.2 Å². The first-order valence-electron chi connectivity index (χ1n) is 7.68. The van der Waals surface area contributed by atoms with Gasteiger partial charge in [0.15, 0.2) is 0 Å². The number of amides is 1. The number of halogens is 1. The first-order valence-corrected chi connectivity index (χ1v) is 9.16. The van der Waals surface area contributed by atoms with E-state index in [1.54, 1.807) is 17.0 Å². The van der Waals surface area contributed by atoms with Gasteiger partial charge in [-0.1, -0.05) is 0 Å². The lowest BCUT2D eigenvalue weighted by Crippen LogP contribution is -2.34. The zero-order valence-electron chi connectivity index (χ0n) is 13.6. The maximum Gasteiger partial charge on any atom is 0.240 e. The van der Waals surface area contributed by atoms with E-state index in [4.69, 9.17) is 10.5 Å². The average molecular weight is 378 g/mol. The maximum absolute atomic E-state index is 12.2. The van der Waals surface area contributed by atoms with E-state index in [0.29, 0.717) is 25.4 Å². The predicted molar refractivity (Wildman–Crippen MR) is 93.8 cm³/mol. The molecule has 0 unspecified atom stereocenters. The molecule has 1 aromatic carbocycles. The zero-order chi connectivity index (χ0) is 16.9. The molecule has 0 radical (unpaired) electrons. The summed E-state index contributed by atoms with van der Waals surface area (Å²) in [5.74, 6) is 0.541. The van der Waals surface area contributed by atoms with Gasteiger partial charge >= 0.3 is 0 Å². The SMILES string of the molecule is CCOc1ccc(S(=O)(=O)NCCC(=O)N2CC[C@@H](N)C2)cc1.Cl. The molecular weight excluding hydrogens is 354 g/mol. The molecule has 0 saturated carbocycles. The van der Waals surface area contributed by atoms with Gasteiger partial charge in [0.2, 0.25) is 15.9 Å². The van der Waals surface area contributed by atoms with Crippen LogP contribution in [0.2, 0.25) is 0 Å². The Hall–Kier alpha value is -1.35. The monoisotopic (exact) mass is 377 g/mol. The van der Waals surface area contributed by atoms with E-state index in [-0.39, 0.29) is 42.2 Å². The minimum Gasteiger partial charge on any atom is -0.494 e. The van der Waals surface area contributed by atoms with Crippen molar-refractivity contribution in [1.82, 2.24) is 9.62 Å². The summed E-state index contributed by atoms with van der Waals surface area (Å²) in [5, 5.41) is 0. The van der Waals surface area contributed by atoms with Crippen molar-refractivity contribution in [2.24, 2.45) is 5.73 Å². The van der Waals surface area contributed by atoms with Gasteiger partial charge in [-0.15, -0.1) is 12.4 Å². The minimum atomic E-state index is -3.62. The maximum atomic E-state index is 12.2. The molecule has 1 aliphatic rings.